The molecule has 1 saturated heterocycles. The normalized spacial score (nSPS) is 13.9. The summed E-state index contributed by atoms with van der Waals surface area (Å²) >= 11 is 0. The number of anilines is 1. The second-order valence-corrected chi connectivity index (χ2v) is 6.15. The highest BCUT2D eigenvalue weighted by Gasteiger charge is 2.23. The highest BCUT2D eigenvalue weighted by Crippen LogP contribution is 2.31. The van der Waals surface area contributed by atoms with Gasteiger partial charge in [-0.25, -0.2) is 4.79 Å². The lowest BCUT2D eigenvalue weighted by molar-refractivity contribution is -0.384. The van der Waals surface area contributed by atoms with E-state index in [1.54, 1.807) is 6.07 Å². The highest BCUT2D eigenvalue weighted by atomic mass is 16.6. The van der Waals surface area contributed by atoms with Gasteiger partial charge in [0.05, 0.1) is 15.4 Å². The number of ether oxygens (including phenoxy) is 1. The van der Waals surface area contributed by atoms with Gasteiger partial charge in [-0.2, -0.15) is 0 Å². The van der Waals surface area contributed by atoms with Gasteiger partial charge in [-0.15, -0.1) is 0 Å². The van der Waals surface area contributed by atoms with Crippen molar-refractivity contribution in [3.8, 4) is 5.75 Å². The number of nitrogens with zero attached hydrogens (tertiary/aromatic N) is 3. The fourth-order valence-electron chi connectivity index (χ4n) is 3.00. The number of nitro benzene ring substituents is 2. The predicted molar refractivity (Wildman–Crippen MR) is 97.2 cm³/mol. The zero-order valence-corrected chi connectivity index (χ0v) is 14.4. The maximum atomic E-state index is 12.3. The largest absolute Gasteiger partial charge is 0.423 e. The topological polar surface area (TPSA) is 116 Å². The summed E-state index contributed by atoms with van der Waals surface area (Å²) in [5, 5.41) is 22.1. The number of carbonyl (C=O) groups excluding carboxylic acids is 1. The molecule has 1 fully saturated rings. The van der Waals surface area contributed by atoms with Crippen molar-refractivity contribution in [3.05, 3.63) is 68.3 Å². The molecular formula is C18H17N3O6. The molecule has 3 rings (SSSR count). The van der Waals surface area contributed by atoms with Crippen LogP contribution in [0.15, 0.2) is 42.5 Å². The molecule has 0 amide bonds. The third kappa shape index (κ3) is 4.20. The second kappa shape index (κ2) is 7.81. The second-order valence-electron chi connectivity index (χ2n) is 6.15. The minimum Gasteiger partial charge on any atom is -0.423 e. The van der Waals surface area contributed by atoms with Crippen LogP contribution in [0, 0.1) is 20.2 Å². The maximum Gasteiger partial charge on any atom is 0.343 e. The van der Waals surface area contributed by atoms with Crippen LogP contribution in [-0.4, -0.2) is 28.9 Å². The summed E-state index contributed by atoms with van der Waals surface area (Å²) in [6.45, 7) is 1.49. The molecule has 0 N–H and O–H groups in total. The molecule has 9 nitrogen and oxygen atoms in total. The zero-order chi connectivity index (χ0) is 19.4. The minimum absolute atomic E-state index is 0.0424. The molecular weight excluding hydrogens is 354 g/mol. The van der Waals surface area contributed by atoms with Crippen molar-refractivity contribution in [2.45, 2.75) is 19.3 Å². The molecule has 0 aliphatic carbocycles. The third-order valence-corrected chi connectivity index (χ3v) is 4.36. The molecule has 1 aliphatic heterocycles. The van der Waals surface area contributed by atoms with Gasteiger partial charge in [-0.3, -0.25) is 20.2 Å². The summed E-state index contributed by atoms with van der Waals surface area (Å²) in [7, 11) is 0. The Morgan fingerprint density at radius 1 is 0.926 bits per heavy atom. The van der Waals surface area contributed by atoms with Crippen LogP contribution in [0.4, 0.5) is 17.1 Å². The number of carbonyl (C=O) groups is 1. The van der Waals surface area contributed by atoms with E-state index < -0.39 is 15.8 Å². The molecule has 140 valence electrons. The van der Waals surface area contributed by atoms with Gasteiger partial charge in [-0.05, 0) is 43.5 Å². The molecule has 0 unspecified atom stereocenters. The van der Waals surface area contributed by atoms with Gasteiger partial charge in [0.25, 0.3) is 11.4 Å². The highest BCUT2D eigenvalue weighted by molar-refractivity contribution is 5.93. The lowest BCUT2D eigenvalue weighted by Crippen LogP contribution is -2.30. The number of nitro groups is 2. The Balaban J connectivity index is 1.81. The van der Waals surface area contributed by atoms with Crippen LogP contribution in [0.3, 0.4) is 0 Å². The summed E-state index contributed by atoms with van der Waals surface area (Å²) in [5.41, 5.74) is 0.263. The van der Waals surface area contributed by atoms with Gasteiger partial charge in [0.15, 0.2) is 0 Å². The molecule has 9 heteroatoms. The molecule has 2 aromatic carbocycles. The van der Waals surface area contributed by atoms with Crippen molar-refractivity contribution in [2.24, 2.45) is 0 Å². The van der Waals surface area contributed by atoms with Crippen molar-refractivity contribution in [2.75, 3.05) is 18.0 Å². The Hall–Kier alpha value is -3.49. The Morgan fingerprint density at radius 3 is 2.19 bits per heavy atom. The van der Waals surface area contributed by atoms with Crippen molar-refractivity contribution in [1.82, 2.24) is 0 Å². The SMILES string of the molecule is O=C(Oc1ccc([N+](=O)[O-])cc1)c1ccc(N2CCCCC2)c([N+](=O)[O-])c1. The maximum absolute atomic E-state index is 12.3. The van der Waals surface area contributed by atoms with Gasteiger partial charge in [0, 0.05) is 31.3 Å². The summed E-state index contributed by atoms with van der Waals surface area (Å²) < 4.78 is 5.16. The quantitative estimate of drug-likeness (QED) is 0.340. The van der Waals surface area contributed by atoms with Gasteiger partial charge >= 0.3 is 5.97 Å². The molecule has 27 heavy (non-hydrogen) atoms. The number of hydrogen-bond donors (Lipinski definition) is 0. The number of non-ortho nitro benzene ring substituents is 1. The van der Waals surface area contributed by atoms with Crippen LogP contribution in [0.25, 0.3) is 0 Å². The molecule has 0 radical (unpaired) electrons. The molecule has 2 aromatic rings. The average molecular weight is 371 g/mol. The van der Waals surface area contributed by atoms with E-state index in [2.05, 4.69) is 0 Å². The first-order valence-electron chi connectivity index (χ1n) is 8.46. The van der Waals surface area contributed by atoms with Gasteiger partial charge in [-0.1, -0.05) is 0 Å². The van der Waals surface area contributed by atoms with E-state index in [1.807, 2.05) is 4.90 Å². The van der Waals surface area contributed by atoms with Crippen LogP contribution in [0.1, 0.15) is 29.6 Å². The monoisotopic (exact) mass is 371 g/mol. The minimum atomic E-state index is -0.767. The number of piperidine rings is 1. The average Bonchev–Trinajstić information content (AvgIpc) is 2.68. The summed E-state index contributed by atoms with van der Waals surface area (Å²) in [6.07, 6.45) is 3.05. The first kappa shape index (κ1) is 18.3. The summed E-state index contributed by atoms with van der Waals surface area (Å²) in [4.78, 5) is 35.3. The van der Waals surface area contributed by atoms with Crippen LogP contribution in [-0.2, 0) is 0 Å². The first-order valence-corrected chi connectivity index (χ1v) is 8.46. The van der Waals surface area contributed by atoms with Crippen LogP contribution >= 0.6 is 0 Å². The Kier molecular flexibility index (Phi) is 5.30. The Morgan fingerprint density at radius 2 is 1.59 bits per heavy atom. The van der Waals surface area contributed by atoms with Crippen LogP contribution < -0.4 is 9.64 Å². The Bertz CT molecular complexity index is 875. The van der Waals surface area contributed by atoms with E-state index in [4.69, 9.17) is 4.74 Å². The fraction of sp³-hybridized carbons (Fsp3) is 0.278. The summed E-state index contributed by atoms with van der Waals surface area (Å²) in [6, 6.07) is 9.28. The molecule has 0 aromatic heterocycles. The van der Waals surface area contributed by atoms with Gasteiger partial charge in [0.1, 0.15) is 11.4 Å². The number of esters is 1. The molecule has 1 aliphatic rings. The van der Waals surface area contributed by atoms with E-state index in [1.165, 1.54) is 36.4 Å². The third-order valence-electron chi connectivity index (χ3n) is 4.36. The van der Waals surface area contributed by atoms with E-state index in [-0.39, 0.29) is 22.7 Å². The smallest absolute Gasteiger partial charge is 0.343 e. The van der Waals surface area contributed by atoms with Gasteiger partial charge < -0.3 is 9.64 Å². The van der Waals surface area contributed by atoms with E-state index >= 15 is 0 Å². The van der Waals surface area contributed by atoms with Crippen LogP contribution in [0.2, 0.25) is 0 Å². The Labute approximate surface area is 154 Å². The standard InChI is InChI=1S/C18H17N3O6/c22-18(27-15-7-5-14(6-8-15)20(23)24)13-4-9-16(17(12-13)21(25)26)19-10-2-1-3-11-19/h4-9,12H,1-3,10-11H2. The lowest BCUT2D eigenvalue weighted by Gasteiger charge is -2.28. The lowest BCUT2D eigenvalue weighted by atomic mass is 10.1. The number of rotatable bonds is 5. The number of hydrogen-bond acceptors (Lipinski definition) is 7. The molecule has 0 bridgehead atoms. The molecule has 1 heterocycles. The van der Waals surface area contributed by atoms with Crippen LogP contribution in [0.5, 0.6) is 5.75 Å². The predicted octanol–water partition coefficient (Wildman–Crippen LogP) is 3.71. The van der Waals surface area contributed by atoms with Crippen molar-refractivity contribution in [1.29, 1.82) is 0 Å². The fourth-order valence-corrected chi connectivity index (χ4v) is 3.00. The molecule has 0 saturated carbocycles. The van der Waals surface area contributed by atoms with Crippen molar-refractivity contribution >= 4 is 23.0 Å². The first-order chi connectivity index (χ1) is 13.0. The zero-order valence-electron chi connectivity index (χ0n) is 14.4. The van der Waals surface area contributed by atoms with Gasteiger partial charge in [0.2, 0.25) is 0 Å². The molecule has 0 spiro atoms. The van der Waals surface area contributed by atoms with E-state index in [9.17, 15) is 25.0 Å². The number of benzene rings is 2. The van der Waals surface area contributed by atoms with Crippen molar-refractivity contribution in [3.63, 3.8) is 0 Å². The van der Waals surface area contributed by atoms with Crippen molar-refractivity contribution < 1.29 is 19.4 Å². The van der Waals surface area contributed by atoms with E-state index in [0.717, 1.165) is 32.4 Å². The van der Waals surface area contributed by atoms with E-state index in [0.29, 0.717) is 5.69 Å². The summed E-state index contributed by atoms with van der Waals surface area (Å²) in [5.74, 6) is -0.648. The molecule has 0 atom stereocenters.